The quantitative estimate of drug-likeness (QED) is 0.0220. The molecule has 14 nitrogen and oxygen atoms in total. The first-order valence-electron chi connectivity index (χ1n) is 9.48. The van der Waals surface area contributed by atoms with Gasteiger partial charge in [0, 0.05) is 10.5 Å². The number of carbonyl (C=O) groups is 1. The third-order valence-electron chi connectivity index (χ3n) is 4.29. The molecular weight excluding hydrogens is 582 g/mol. The number of phenolic OH excluding ortho intramolecular Hbond substituents is 1. The summed E-state index contributed by atoms with van der Waals surface area (Å²) < 4.78 is 36.5. The van der Waals surface area contributed by atoms with Crippen molar-refractivity contribution in [2.45, 2.75) is 9.79 Å². The van der Waals surface area contributed by atoms with Crippen LogP contribution < -0.4 is 5.73 Å². The minimum atomic E-state index is -4.65. The molecule has 0 atom stereocenters. The Morgan fingerprint density at radius 3 is 2.41 bits per heavy atom. The molecule has 0 radical (unpaired) electrons. The van der Waals surface area contributed by atoms with Crippen molar-refractivity contribution in [1.82, 2.24) is 0 Å². The normalized spacial score (nSPS) is 11.8. The van der Waals surface area contributed by atoms with Crippen molar-refractivity contribution in [2.24, 2.45) is 15.3 Å². The zero-order valence-corrected chi connectivity index (χ0v) is 20.7. The van der Waals surface area contributed by atoms with Crippen LogP contribution >= 0.6 is 12.0 Å². The van der Waals surface area contributed by atoms with Crippen molar-refractivity contribution in [2.75, 3.05) is 5.73 Å². The number of aromatic carboxylic acids is 1. The summed E-state index contributed by atoms with van der Waals surface area (Å²) in [6.07, 6.45) is 0. The molecule has 17 heteroatoms. The molecule has 6 N–H and O–H groups in total. The largest absolute Gasteiger partial charge is 1.00 e. The Bertz CT molecular complexity index is 1440. The summed E-state index contributed by atoms with van der Waals surface area (Å²) in [5.74, 6) is -2.06. The van der Waals surface area contributed by atoms with Crippen LogP contribution in [0, 0.1) is 0 Å². The number of phenols is 1. The summed E-state index contributed by atoms with van der Waals surface area (Å²) >= 11 is 0.552. The second kappa shape index (κ2) is 13.1. The van der Waals surface area contributed by atoms with Gasteiger partial charge >= 0.3 is 23.0 Å². The molecule has 198 valence electrons. The van der Waals surface area contributed by atoms with E-state index in [2.05, 4.69) is 30.1 Å². The monoisotopic (exact) mass is 597 g/mol. The van der Waals surface area contributed by atoms with Gasteiger partial charge in [0.25, 0.3) is 10.1 Å². The van der Waals surface area contributed by atoms with Gasteiger partial charge in [0.05, 0.1) is 28.2 Å². The maximum Gasteiger partial charge on any atom is 1.00 e. The molecule has 0 aliphatic rings. The third kappa shape index (κ3) is 7.97. The number of azo groups is 1. The number of nitrogens with two attached hydrogens (primary N) is 1. The van der Waals surface area contributed by atoms with E-state index in [0.717, 1.165) is 12.1 Å². The maximum atomic E-state index is 11.7. The number of nitrogens with zero attached hydrogens (tertiary/aromatic N) is 4. The van der Waals surface area contributed by atoms with Crippen LogP contribution in [0.4, 0.5) is 17.1 Å². The zero-order chi connectivity index (χ0) is 26.3. The Labute approximate surface area is 224 Å². The number of anilines is 1. The smallest absolute Gasteiger partial charge is 0.571 e. The van der Waals surface area contributed by atoms with E-state index in [0.29, 0.717) is 17.6 Å². The van der Waals surface area contributed by atoms with Crippen molar-refractivity contribution in [1.29, 1.82) is 0 Å². The predicted octanol–water partition coefficient (Wildman–Crippen LogP) is 4.50. The van der Waals surface area contributed by atoms with Crippen LogP contribution in [0.15, 0.2) is 85.8 Å². The van der Waals surface area contributed by atoms with Gasteiger partial charge in [0.15, 0.2) is 5.84 Å². The molecule has 0 saturated carbocycles. The van der Waals surface area contributed by atoms with E-state index in [1.807, 2.05) is 0 Å². The van der Waals surface area contributed by atoms with Gasteiger partial charge in [0.2, 0.25) is 0 Å². The average molecular weight is 598 g/mol. The topological polar surface area (TPSA) is 228 Å². The third-order valence-corrected chi connectivity index (χ3v) is 5.69. The van der Waals surface area contributed by atoms with E-state index >= 15 is 0 Å². The Morgan fingerprint density at radius 1 is 1.08 bits per heavy atom. The molecule has 3 aromatic carbocycles. The van der Waals surface area contributed by atoms with E-state index in [1.165, 1.54) is 18.2 Å². The van der Waals surface area contributed by atoms with E-state index in [1.54, 1.807) is 30.3 Å². The molecule has 0 amide bonds. The first-order chi connectivity index (χ1) is 17.1. The van der Waals surface area contributed by atoms with E-state index in [4.69, 9.17) is 11.0 Å². The Balaban J connectivity index is 0.00000481. The fourth-order valence-corrected chi connectivity index (χ4v) is 3.58. The number of carboxylic acid groups (broad SMARTS) is 1. The SMILES string of the molecule is Nc1cc(S(=O)(=O)O)cc([N-]/N=C(\N=Nc2ccc(SOOO)cc2C(=O)O)c2ccccc2)c1O.[Cu+]. The molecule has 0 unspecified atom stereocenters. The summed E-state index contributed by atoms with van der Waals surface area (Å²) in [5, 5.41) is 43.2. The number of hydrogen-bond donors (Lipinski definition) is 5. The molecule has 3 aromatic rings. The summed E-state index contributed by atoms with van der Waals surface area (Å²) in [6, 6.07) is 13.9. The van der Waals surface area contributed by atoms with E-state index in [9.17, 15) is 28.0 Å². The second-order valence-corrected chi connectivity index (χ2v) is 8.85. The average Bonchev–Trinajstić information content (AvgIpc) is 2.85. The van der Waals surface area contributed by atoms with Gasteiger partial charge in [-0.25, -0.2) is 10.1 Å². The Kier molecular flexibility index (Phi) is 10.5. The van der Waals surface area contributed by atoms with Crippen LogP contribution in [0.25, 0.3) is 5.43 Å². The number of hydrogen-bond acceptors (Lipinski definition) is 11. The number of nitrogen functional groups attached to an aromatic ring is 1. The molecule has 0 aliphatic heterocycles. The Morgan fingerprint density at radius 2 is 1.78 bits per heavy atom. The molecule has 0 bridgehead atoms. The van der Waals surface area contributed by atoms with Crippen molar-refractivity contribution in [3.8, 4) is 5.75 Å². The van der Waals surface area contributed by atoms with Crippen molar-refractivity contribution in [3.05, 3.63) is 77.2 Å². The van der Waals surface area contributed by atoms with Crippen LogP contribution in [0.2, 0.25) is 0 Å². The molecule has 0 spiro atoms. The molecule has 0 aromatic heterocycles. The van der Waals surface area contributed by atoms with Crippen LogP contribution in [0.3, 0.4) is 0 Å². The first-order valence-corrected chi connectivity index (χ1v) is 11.7. The molecule has 0 saturated heterocycles. The first kappa shape index (κ1) is 29.7. The van der Waals surface area contributed by atoms with Gasteiger partial charge in [-0.15, -0.1) is 14.6 Å². The number of carboxylic acids is 1. The van der Waals surface area contributed by atoms with Crippen LogP contribution in [0.5, 0.6) is 5.75 Å². The van der Waals surface area contributed by atoms with Gasteiger partial charge in [0.1, 0.15) is 11.4 Å². The van der Waals surface area contributed by atoms with Crippen LogP contribution in [-0.2, 0) is 36.6 Å². The van der Waals surface area contributed by atoms with Gasteiger partial charge in [-0.2, -0.15) is 8.42 Å². The fraction of sp³-hybridized carbons (Fsp3) is 0. The minimum absolute atomic E-state index is 0. The minimum Gasteiger partial charge on any atom is -0.571 e. The van der Waals surface area contributed by atoms with Gasteiger partial charge in [-0.3, -0.25) is 4.55 Å². The number of benzene rings is 3. The van der Waals surface area contributed by atoms with Crippen LogP contribution in [0.1, 0.15) is 15.9 Å². The van der Waals surface area contributed by atoms with E-state index < -0.39 is 26.7 Å². The van der Waals surface area contributed by atoms with Gasteiger partial charge in [-0.05, 0) is 24.3 Å². The van der Waals surface area contributed by atoms with Crippen LogP contribution in [-0.4, -0.2) is 40.2 Å². The fourth-order valence-electron chi connectivity index (χ4n) is 2.64. The van der Waals surface area contributed by atoms with Crippen molar-refractivity contribution >= 4 is 51.0 Å². The summed E-state index contributed by atoms with van der Waals surface area (Å²) in [4.78, 5) is 11.3. The maximum absolute atomic E-state index is 11.7. The Hall–Kier alpha value is -3.54. The molecule has 37 heavy (non-hydrogen) atoms. The molecular formula is C20H16CuN5O9S2. The molecule has 3 rings (SSSR count). The molecule has 0 aliphatic carbocycles. The number of amidine groups is 1. The van der Waals surface area contributed by atoms with Gasteiger partial charge in [-0.1, -0.05) is 47.1 Å². The number of aromatic hydroxyl groups is 1. The molecule has 0 heterocycles. The van der Waals surface area contributed by atoms with E-state index in [-0.39, 0.29) is 50.4 Å². The summed E-state index contributed by atoms with van der Waals surface area (Å²) in [5.41, 5.74) is 8.68. The molecule has 0 fully saturated rings. The van der Waals surface area contributed by atoms with Crippen molar-refractivity contribution in [3.63, 3.8) is 0 Å². The summed E-state index contributed by atoms with van der Waals surface area (Å²) in [6.45, 7) is 0. The van der Waals surface area contributed by atoms with Crippen molar-refractivity contribution < 1.29 is 59.7 Å². The zero-order valence-electron chi connectivity index (χ0n) is 18.1. The standard InChI is InChI=1S/C20H17N5O9S2.Cu/c21-15-9-13(36(30,31)32)10-17(18(15)26)23-25-19(11-4-2-1-3-5-11)24-22-16-7-6-12(35-34-33-29)8-14(16)20(27)28;/h1-10H,(H7,21,22,23,24,25,26,27,28,29,30,31,32);/q;+1/p-1. The predicted molar refractivity (Wildman–Crippen MR) is 127 cm³/mol. The second-order valence-electron chi connectivity index (χ2n) is 6.65. The number of rotatable bonds is 9. The van der Waals surface area contributed by atoms with Gasteiger partial charge < -0.3 is 26.5 Å². The summed E-state index contributed by atoms with van der Waals surface area (Å²) in [7, 11) is -4.65.